The van der Waals surface area contributed by atoms with Gasteiger partial charge < -0.3 is 34.2 Å². The van der Waals surface area contributed by atoms with Gasteiger partial charge in [0.1, 0.15) is 18.8 Å². The first-order chi connectivity index (χ1) is 18.5. The summed E-state index contributed by atoms with van der Waals surface area (Å²) in [4.78, 5) is 48.4. The van der Waals surface area contributed by atoms with Crippen LogP contribution in [0.5, 0.6) is 11.5 Å². The van der Waals surface area contributed by atoms with E-state index < -0.39 is 30.4 Å². The van der Waals surface area contributed by atoms with Crippen LogP contribution in [0.15, 0.2) is 18.2 Å². The minimum atomic E-state index is -1.06. The molecule has 0 heterocycles. The SMILES string of the molecule is CCCCOC(=O)Oc1ccc(C[C@H](N)C(=O)O[C@@H](C)COC(=O)CCC(C)C)cc1OC(=O)OCCCC. The molecule has 0 amide bonds. The maximum atomic E-state index is 12.5. The van der Waals surface area contributed by atoms with Crippen molar-refractivity contribution < 1.29 is 47.6 Å². The Kier molecular flexibility index (Phi) is 16.3. The van der Waals surface area contributed by atoms with E-state index in [0.717, 1.165) is 12.8 Å². The lowest BCUT2D eigenvalue weighted by Crippen LogP contribution is -2.37. The van der Waals surface area contributed by atoms with Gasteiger partial charge >= 0.3 is 24.2 Å². The Morgan fingerprint density at radius 3 is 2.00 bits per heavy atom. The molecule has 11 heteroatoms. The van der Waals surface area contributed by atoms with Crippen molar-refractivity contribution in [1.29, 1.82) is 0 Å². The fraction of sp³-hybridized carbons (Fsp3) is 0.643. The third-order valence-corrected chi connectivity index (χ3v) is 5.31. The van der Waals surface area contributed by atoms with Gasteiger partial charge in [-0.25, -0.2) is 9.59 Å². The quantitative estimate of drug-likeness (QED) is 0.119. The molecule has 0 radical (unpaired) electrons. The van der Waals surface area contributed by atoms with Gasteiger partial charge in [0.25, 0.3) is 0 Å². The number of unbranched alkanes of at least 4 members (excludes halogenated alkanes) is 2. The standard InChI is InChI=1S/C28H43NO10/c1-6-8-14-34-27(32)38-23-12-11-21(17-24(23)39-28(33)35-15-9-7-2)16-22(29)26(31)37-20(5)18-36-25(30)13-10-19(3)4/h11-12,17,19-20,22H,6-10,13-16,18,29H2,1-5H3/t20-,22-/m0/s1. The largest absolute Gasteiger partial charge is 0.513 e. The van der Waals surface area contributed by atoms with Crippen LogP contribution in [0, 0.1) is 5.92 Å². The van der Waals surface area contributed by atoms with E-state index >= 15 is 0 Å². The average molecular weight is 554 g/mol. The number of esters is 2. The Labute approximate surface area is 230 Å². The van der Waals surface area contributed by atoms with Crippen LogP contribution in [0.25, 0.3) is 0 Å². The predicted molar refractivity (Wildman–Crippen MR) is 142 cm³/mol. The van der Waals surface area contributed by atoms with Crippen LogP contribution < -0.4 is 15.2 Å². The smallest absolute Gasteiger partial charge is 0.462 e. The third-order valence-electron chi connectivity index (χ3n) is 5.31. The summed E-state index contributed by atoms with van der Waals surface area (Å²) in [6.07, 6.45) is 1.45. The number of hydrogen-bond acceptors (Lipinski definition) is 11. The Hall–Kier alpha value is -3.34. The Morgan fingerprint density at radius 2 is 1.44 bits per heavy atom. The lowest BCUT2D eigenvalue weighted by Gasteiger charge is -2.18. The molecular weight excluding hydrogens is 510 g/mol. The molecule has 11 nitrogen and oxygen atoms in total. The number of carbonyl (C=O) groups is 4. The van der Waals surface area contributed by atoms with Crippen molar-refractivity contribution in [1.82, 2.24) is 0 Å². The van der Waals surface area contributed by atoms with E-state index in [4.69, 9.17) is 34.2 Å². The predicted octanol–water partition coefficient (Wildman–Crippen LogP) is 5.10. The fourth-order valence-electron chi connectivity index (χ4n) is 3.03. The molecule has 0 saturated carbocycles. The summed E-state index contributed by atoms with van der Waals surface area (Å²) in [5, 5.41) is 0. The molecule has 2 N–H and O–H groups in total. The molecule has 1 rings (SSSR count). The van der Waals surface area contributed by atoms with Crippen LogP contribution in [0.3, 0.4) is 0 Å². The highest BCUT2D eigenvalue weighted by Gasteiger charge is 2.22. The summed E-state index contributed by atoms with van der Waals surface area (Å²) in [7, 11) is 0. The molecule has 39 heavy (non-hydrogen) atoms. The summed E-state index contributed by atoms with van der Waals surface area (Å²) < 4.78 is 30.9. The molecule has 0 bridgehead atoms. The number of benzene rings is 1. The lowest BCUT2D eigenvalue weighted by atomic mass is 10.1. The zero-order valence-corrected chi connectivity index (χ0v) is 23.7. The highest BCUT2D eigenvalue weighted by molar-refractivity contribution is 5.76. The molecule has 0 fully saturated rings. The number of ether oxygens (including phenoxy) is 6. The highest BCUT2D eigenvalue weighted by Crippen LogP contribution is 2.30. The first-order valence-corrected chi connectivity index (χ1v) is 13.5. The van der Waals surface area contributed by atoms with Crippen molar-refractivity contribution >= 4 is 24.2 Å². The third kappa shape index (κ3) is 15.0. The van der Waals surface area contributed by atoms with E-state index in [1.165, 1.54) is 12.1 Å². The Balaban J connectivity index is 2.80. The molecule has 0 aromatic heterocycles. The monoisotopic (exact) mass is 553 g/mol. The van der Waals surface area contributed by atoms with Gasteiger partial charge in [0.05, 0.1) is 13.2 Å². The summed E-state index contributed by atoms with van der Waals surface area (Å²) >= 11 is 0. The van der Waals surface area contributed by atoms with Crippen molar-refractivity contribution in [2.45, 2.75) is 91.7 Å². The number of rotatable bonds is 17. The number of carbonyl (C=O) groups excluding carboxylic acids is 4. The van der Waals surface area contributed by atoms with Crippen molar-refractivity contribution in [3.8, 4) is 11.5 Å². The highest BCUT2D eigenvalue weighted by atomic mass is 16.7. The van der Waals surface area contributed by atoms with Gasteiger partial charge in [-0.3, -0.25) is 9.59 Å². The lowest BCUT2D eigenvalue weighted by molar-refractivity contribution is -0.159. The Morgan fingerprint density at radius 1 is 0.846 bits per heavy atom. The summed E-state index contributed by atoms with van der Waals surface area (Å²) in [5.74, 6) is -0.820. The molecular formula is C28H43NO10. The molecule has 220 valence electrons. The van der Waals surface area contributed by atoms with Crippen molar-refractivity contribution in [3.63, 3.8) is 0 Å². The van der Waals surface area contributed by atoms with Gasteiger partial charge in [-0.05, 0) is 56.2 Å². The Bertz CT molecular complexity index is 918. The molecule has 0 aliphatic carbocycles. The second-order valence-corrected chi connectivity index (χ2v) is 9.56. The normalized spacial score (nSPS) is 12.3. The minimum Gasteiger partial charge on any atom is -0.462 e. The van der Waals surface area contributed by atoms with E-state index in [9.17, 15) is 19.2 Å². The topological polar surface area (TPSA) is 150 Å². The molecule has 0 aliphatic heterocycles. The first-order valence-electron chi connectivity index (χ1n) is 13.5. The average Bonchev–Trinajstić information content (AvgIpc) is 2.88. The van der Waals surface area contributed by atoms with Gasteiger partial charge in [-0.2, -0.15) is 0 Å². The van der Waals surface area contributed by atoms with E-state index in [2.05, 4.69) is 0 Å². The number of nitrogens with two attached hydrogens (primary N) is 1. The maximum absolute atomic E-state index is 12.5. The second-order valence-electron chi connectivity index (χ2n) is 9.56. The molecule has 0 unspecified atom stereocenters. The van der Waals surface area contributed by atoms with Gasteiger partial charge in [-0.15, -0.1) is 0 Å². The van der Waals surface area contributed by atoms with Crippen LogP contribution in [-0.2, 0) is 35.0 Å². The van der Waals surface area contributed by atoms with E-state index in [0.29, 0.717) is 37.2 Å². The van der Waals surface area contributed by atoms with Crippen molar-refractivity contribution in [2.75, 3.05) is 19.8 Å². The molecule has 1 aromatic rings. The van der Waals surface area contributed by atoms with Crippen molar-refractivity contribution in [3.05, 3.63) is 23.8 Å². The van der Waals surface area contributed by atoms with Gasteiger partial charge in [0.15, 0.2) is 11.5 Å². The van der Waals surface area contributed by atoms with Crippen LogP contribution in [-0.4, -0.2) is 56.2 Å². The summed E-state index contributed by atoms with van der Waals surface area (Å²) in [6.45, 7) is 9.81. The van der Waals surface area contributed by atoms with E-state index in [1.54, 1.807) is 13.0 Å². The summed E-state index contributed by atoms with van der Waals surface area (Å²) in [5.41, 5.74) is 6.54. The van der Waals surface area contributed by atoms with E-state index in [-0.39, 0.29) is 43.7 Å². The van der Waals surface area contributed by atoms with Gasteiger partial charge in [0.2, 0.25) is 0 Å². The minimum absolute atomic E-state index is 0.0300. The molecule has 0 spiro atoms. The van der Waals surface area contributed by atoms with Gasteiger partial charge in [0, 0.05) is 6.42 Å². The second kappa shape index (κ2) is 18.8. The fourth-order valence-corrected chi connectivity index (χ4v) is 3.03. The van der Waals surface area contributed by atoms with Crippen LogP contribution in [0.2, 0.25) is 0 Å². The molecule has 2 atom stereocenters. The zero-order valence-electron chi connectivity index (χ0n) is 23.7. The first kappa shape index (κ1) is 33.7. The van der Waals surface area contributed by atoms with Gasteiger partial charge in [-0.1, -0.05) is 46.6 Å². The molecule has 0 aliphatic rings. The molecule has 1 aromatic carbocycles. The zero-order chi connectivity index (χ0) is 29.2. The maximum Gasteiger partial charge on any atom is 0.513 e. The van der Waals surface area contributed by atoms with E-state index in [1.807, 2.05) is 27.7 Å². The number of hydrogen-bond donors (Lipinski definition) is 1. The summed E-state index contributed by atoms with van der Waals surface area (Å²) in [6, 6.07) is 3.33. The van der Waals surface area contributed by atoms with Crippen LogP contribution >= 0.6 is 0 Å². The van der Waals surface area contributed by atoms with Crippen LogP contribution in [0.4, 0.5) is 9.59 Å². The molecule has 0 saturated heterocycles. The van der Waals surface area contributed by atoms with Crippen LogP contribution in [0.1, 0.15) is 78.7 Å². The van der Waals surface area contributed by atoms with Crippen molar-refractivity contribution in [2.24, 2.45) is 11.7 Å².